The average molecular weight is 376 g/mol. The first-order valence-electron chi connectivity index (χ1n) is 8.26. The van der Waals surface area contributed by atoms with Gasteiger partial charge >= 0.3 is 6.61 Å². The number of hydrogen-bond donors (Lipinski definition) is 1. The molecule has 142 valence electrons. The quantitative estimate of drug-likeness (QED) is 0.840. The van der Waals surface area contributed by atoms with E-state index < -0.39 is 12.5 Å². The van der Waals surface area contributed by atoms with E-state index in [0.717, 1.165) is 0 Å². The highest BCUT2D eigenvalue weighted by Crippen LogP contribution is 2.28. The summed E-state index contributed by atoms with van der Waals surface area (Å²) in [6, 6.07) is 12.6. The number of methoxy groups -OCH3 is 1. The van der Waals surface area contributed by atoms with Gasteiger partial charge in [-0.05, 0) is 48.5 Å². The Balaban J connectivity index is 1.61. The maximum Gasteiger partial charge on any atom is 0.387 e. The lowest BCUT2D eigenvalue weighted by atomic mass is 10.1. The number of amides is 2. The van der Waals surface area contributed by atoms with Crippen LogP contribution in [0.2, 0.25) is 0 Å². The third kappa shape index (κ3) is 4.52. The smallest absolute Gasteiger partial charge is 0.387 e. The van der Waals surface area contributed by atoms with Crippen molar-refractivity contribution < 1.29 is 27.8 Å². The maximum absolute atomic E-state index is 12.4. The molecule has 1 unspecified atom stereocenters. The van der Waals surface area contributed by atoms with Crippen molar-refractivity contribution in [1.82, 2.24) is 0 Å². The molecule has 2 amide bonds. The number of alkyl halides is 2. The summed E-state index contributed by atoms with van der Waals surface area (Å²) in [4.78, 5) is 26.3. The van der Waals surface area contributed by atoms with Crippen LogP contribution in [0.1, 0.15) is 6.42 Å². The highest BCUT2D eigenvalue weighted by molar-refractivity contribution is 6.03. The molecule has 1 saturated heterocycles. The van der Waals surface area contributed by atoms with Crippen LogP contribution >= 0.6 is 0 Å². The van der Waals surface area contributed by atoms with Crippen molar-refractivity contribution in [3.63, 3.8) is 0 Å². The Morgan fingerprint density at radius 3 is 2.33 bits per heavy atom. The van der Waals surface area contributed by atoms with Crippen LogP contribution in [0.5, 0.6) is 11.5 Å². The topological polar surface area (TPSA) is 67.9 Å². The molecule has 0 spiro atoms. The summed E-state index contributed by atoms with van der Waals surface area (Å²) in [6.45, 7) is -2.64. The Morgan fingerprint density at radius 2 is 1.74 bits per heavy atom. The molecule has 6 nitrogen and oxygen atoms in total. The highest BCUT2D eigenvalue weighted by atomic mass is 19.3. The molecule has 1 N–H and O–H groups in total. The molecule has 0 saturated carbocycles. The minimum absolute atomic E-state index is 0.00437. The van der Waals surface area contributed by atoms with Gasteiger partial charge in [-0.2, -0.15) is 8.78 Å². The zero-order valence-electron chi connectivity index (χ0n) is 14.5. The number of benzene rings is 2. The van der Waals surface area contributed by atoms with Crippen LogP contribution in [0.3, 0.4) is 0 Å². The van der Waals surface area contributed by atoms with E-state index in [-0.39, 0.29) is 30.5 Å². The third-order valence-corrected chi connectivity index (χ3v) is 4.23. The van der Waals surface area contributed by atoms with Crippen molar-refractivity contribution in [2.45, 2.75) is 13.0 Å². The predicted octanol–water partition coefficient (Wildman–Crippen LogP) is 3.29. The fraction of sp³-hybridized carbons (Fsp3) is 0.263. The number of carbonyl (C=O) groups is 2. The Morgan fingerprint density at radius 1 is 1.11 bits per heavy atom. The first-order valence-corrected chi connectivity index (χ1v) is 8.26. The van der Waals surface area contributed by atoms with Crippen LogP contribution in [0.15, 0.2) is 48.5 Å². The molecule has 1 atom stereocenters. The fourth-order valence-corrected chi connectivity index (χ4v) is 2.86. The van der Waals surface area contributed by atoms with Gasteiger partial charge in [-0.1, -0.05) is 0 Å². The minimum Gasteiger partial charge on any atom is -0.497 e. The second-order valence-corrected chi connectivity index (χ2v) is 6.00. The first kappa shape index (κ1) is 18.6. The number of anilines is 2. The second-order valence-electron chi connectivity index (χ2n) is 6.00. The lowest BCUT2D eigenvalue weighted by Gasteiger charge is -2.17. The number of ether oxygens (including phenoxy) is 2. The molecule has 1 fully saturated rings. The molecule has 0 aromatic heterocycles. The molecule has 0 aliphatic carbocycles. The Labute approximate surface area is 154 Å². The molecule has 0 bridgehead atoms. The van der Waals surface area contributed by atoms with E-state index in [2.05, 4.69) is 10.1 Å². The summed E-state index contributed by atoms with van der Waals surface area (Å²) in [5.41, 5.74) is 1.14. The minimum atomic E-state index is -2.90. The number of nitrogens with one attached hydrogen (secondary N) is 1. The molecule has 2 aromatic rings. The lowest BCUT2D eigenvalue weighted by Crippen LogP contribution is -2.28. The largest absolute Gasteiger partial charge is 0.497 e. The molecule has 1 heterocycles. The van der Waals surface area contributed by atoms with Gasteiger partial charge in [0, 0.05) is 24.3 Å². The fourth-order valence-electron chi connectivity index (χ4n) is 2.86. The third-order valence-electron chi connectivity index (χ3n) is 4.23. The van der Waals surface area contributed by atoms with Gasteiger partial charge in [-0.15, -0.1) is 0 Å². The van der Waals surface area contributed by atoms with Crippen molar-refractivity contribution in [2.75, 3.05) is 23.9 Å². The van der Waals surface area contributed by atoms with Gasteiger partial charge < -0.3 is 19.7 Å². The van der Waals surface area contributed by atoms with Crippen molar-refractivity contribution in [1.29, 1.82) is 0 Å². The summed E-state index contributed by atoms with van der Waals surface area (Å²) < 4.78 is 33.7. The summed E-state index contributed by atoms with van der Waals surface area (Å²) in [6.07, 6.45) is 0.102. The first-order chi connectivity index (χ1) is 13.0. The van der Waals surface area contributed by atoms with Gasteiger partial charge in [0.25, 0.3) is 0 Å². The van der Waals surface area contributed by atoms with E-state index in [1.54, 1.807) is 36.3 Å². The SMILES string of the molecule is COc1ccc(N2CC(C(=O)Nc3ccc(OC(F)F)cc3)CC2=O)cc1. The van der Waals surface area contributed by atoms with Crippen LogP contribution in [0.4, 0.5) is 20.2 Å². The Bertz CT molecular complexity index is 809. The lowest BCUT2D eigenvalue weighted by molar-refractivity contribution is -0.122. The van der Waals surface area contributed by atoms with Crippen molar-refractivity contribution in [3.8, 4) is 11.5 Å². The van der Waals surface area contributed by atoms with Crippen LogP contribution < -0.4 is 19.7 Å². The number of nitrogens with zero attached hydrogens (tertiary/aromatic N) is 1. The summed E-state index contributed by atoms with van der Waals surface area (Å²) in [5.74, 6) is -0.261. The molecule has 8 heteroatoms. The van der Waals surface area contributed by atoms with Gasteiger partial charge in [0.1, 0.15) is 11.5 Å². The number of hydrogen-bond acceptors (Lipinski definition) is 4. The molecule has 27 heavy (non-hydrogen) atoms. The van der Waals surface area contributed by atoms with Crippen molar-refractivity contribution >= 4 is 23.2 Å². The molecule has 2 aromatic carbocycles. The van der Waals surface area contributed by atoms with E-state index in [9.17, 15) is 18.4 Å². The molecular formula is C19H18F2N2O4. The monoisotopic (exact) mass is 376 g/mol. The predicted molar refractivity (Wildman–Crippen MR) is 95.2 cm³/mol. The van der Waals surface area contributed by atoms with E-state index >= 15 is 0 Å². The van der Waals surface area contributed by atoms with Gasteiger partial charge in [0.2, 0.25) is 11.8 Å². The van der Waals surface area contributed by atoms with Crippen LogP contribution in [0, 0.1) is 5.92 Å². The standard InChI is InChI=1S/C19H18F2N2O4/c1-26-15-8-4-14(5-9-15)23-11-12(10-17(23)24)18(25)22-13-2-6-16(7-3-13)27-19(20)21/h2-9,12,19H,10-11H2,1H3,(H,22,25). The van der Waals surface area contributed by atoms with Crippen LogP contribution in [-0.4, -0.2) is 32.1 Å². The summed E-state index contributed by atoms with van der Waals surface area (Å²) in [5, 5.41) is 2.69. The molecule has 1 aliphatic heterocycles. The number of carbonyl (C=O) groups excluding carboxylic acids is 2. The zero-order valence-corrected chi connectivity index (χ0v) is 14.5. The molecule has 1 aliphatic rings. The average Bonchev–Trinajstić information content (AvgIpc) is 3.05. The molecular weight excluding hydrogens is 358 g/mol. The van der Waals surface area contributed by atoms with E-state index in [1.165, 1.54) is 24.3 Å². The van der Waals surface area contributed by atoms with Gasteiger partial charge in [0.05, 0.1) is 13.0 Å². The van der Waals surface area contributed by atoms with E-state index in [0.29, 0.717) is 17.1 Å². The summed E-state index contributed by atoms with van der Waals surface area (Å²) in [7, 11) is 1.56. The molecule has 0 radical (unpaired) electrons. The van der Waals surface area contributed by atoms with Crippen molar-refractivity contribution in [2.24, 2.45) is 5.92 Å². The summed E-state index contributed by atoms with van der Waals surface area (Å²) >= 11 is 0. The molecule has 3 rings (SSSR count). The van der Waals surface area contributed by atoms with Gasteiger partial charge in [0.15, 0.2) is 0 Å². The van der Waals surface area contributed by atoms with Crippen molar-refractivity contribution in [3.05, 3.63) is 48.5 Å². The zero-order chi connectivity index (χ0) is 19.4. The van der Waals surface area contributed by atoms with Crippen LogP contribution in [-0.2, 0) is 9.59 Å². The van der Waals surface area contributed by atoms with Gasteiger partial charge in [-0.25, -0.2) is 0 Å². The number of halogens is 2. The van der Waals surface area contributed by atoms with E-state index in [1.807, 2.05) is 0 Å². The number of rotatable bonds is 6. The maximum atomic E-state index is 12.4. The Kier molecular flexibility index (Phi) is 5.54. The normalized spacial score (nSPS) is 16.5. The van der Waals surface area contributed by atoms with Crippen LogP contribution in [0.25, 0.3) is 0 Å². The Hall–Kier alpha value is -3.16. The van der Waals surface area contributed by atoms with Gasteiger partial charge in [-0.3, -0.25) is 9.59 Å². The second kappa shape index (κ2) is 8.03. The highest BCUT2D eigenvalue weighted by Gasteiger charge is 2.35. The van der Waals surface area contributed by atoms with E-state index in [4.69, 9.17) is 4.74 Å².